The predicted molar refractivity (Wildman–Crippen MR) is 69.4 cm³/mol. The van der Waals surface area contributed by atoms with E-state index in [0.717, 1.165) is 19.3 Å². The fourth-order valence-corrected chi connectivity index (χ4v) is 2.56. The van der Waals surface area contributed by atoms with Gasteiger partial charge in [0.1, 0.15) is 6.04 Å². The second-order valence-electron chi connectivity index (χ2n) is 5.09. The van der Waals surface area contributed by atoms with Crippen molar-refractivity contribution < 1.29 is 14.7 Å². The zero-order valence-electron chi connectivity index (χ0n) is 11.2. The summed E-state index contributed by atoms with van der Waals surface area (Å²) in [4.78, 5) is 22.3. The van der Waals surface area contributed by atoms with Crippen LogP contribution in [0.3, 0.4) is 0 Å². The second-order valence-corrected chi connectivity index (χ2v) is 5.09. The number of carboxylic acids is 1. The van der Waals surface area contributed by atoms with Crippen molar-refractivity contribution in [2.75, 3.05) is 0 Å². The average molecular weight is 256 g/mol. The molecule has 0 aromatic carbocycles. The molecule has 2 atom stereocenters. The molecule has 0 heterocycles. The normalized spacial score (nSPS) is 19.9. The van der Waals surface area contributed by atoms with Crippen molar-refractivity contribution in [2.24, 2.45) is 5.92 Å². The molecule has 1 fully saturated rings. The third kappa shape index (κ3) is 4.55. The molecule has 1 aliphatic rings. The Morgan fingerprint density at radius 3 is 2.33 bits per heavy atom. The summed E-state index contributed by atoms with van der Waals surface area (Å²) in [5, 5.41) is 14.1. The van der Waals surface area contributed by atoms with Crippen LogP contribution in [0.4, 0.5) is 4.79 Å². The van der Waals surface area contributed by atoms with Crippen molar-refractivity contribution in [3.05, 3.63) is 0 Å². The molecule has 0 aliphatic heterocycles. The van der Waals surface area contributed by atoms with Crippen LogP contribution in [0, 0.1) is 5.92 Å². The first-order chi connectivity index (χ1) is 8.54. The van der Waals surface area contributed by atoms with Gasteiger partial charge in [0.2, 0.25) is 0 Å². The Hall–Kier alpha value is -1.26. The van der Waals surface area contributed by atoms with Crippen molar-refractivity contribution in [3.63, 3.8) is 0 Å². The van der Waals surface area contributed by atoms with E-state index < -0.39 is 12.0 Å². The number of aliphatic carboxylic acids is 1. The van der Waals surface area contributed by atoms with E-state index in [-0.39, 0.29) is 12.1 Å². The Morgan fingerprint density at radius 1 is 1.22 bits per heavy atom. The van der Waals surface area contributed by atoms with Gasteiger partial charge < -0.3 is 15.7 Å². The van der Waals surface area contributed by atoms with Crippen LogP contribution in [0.2, 0.25) is 0 Å². The van der Waals surface area contributed by atoms with E-state index in [2.05, 4.69) is 17.6 Å². The maximum absolute atomic E-state index is 11.7. The number of carbonyl (C=O) groups is 2. The highest BCUT2D eigenvalue weighted by molar-refractivity contribution is 5.82. The molecule has 0 saturated heterocycles. The minimum Gasteiger partial charge on any atom is -0.480 e. The third-order valence-electron chi connectivity index (χ3n) is 3.69. The summed E-state index contributed by atoms with van der Waals surface area (Å²) >= 11 is 0. The molecule has 1 saturated carbocycles. The summed E-state index contributed by atoms with van der Waals surface area (Å²) in [6.07, 6.45) is 6.96. The molecule has 0 bridgehead atoms. The molecular formula is C13H24N2O3. The summed E-state index contributed by atoms with van der Waals surface area (Å²) in [6.45, 7) is 3.52. The van der Waals surface area contributed by atoms with E-state index in [1.54, 1.807) is 0 Å². The Kier molecular flexibility index (Phi) is 5.95. The molecule has 1 rings (SSSR count). The molecule has 5 heteroatoms. The summed E-state index contributed by atoms with van der Waals surface area (Å²) in [7, 11) is 0. The number of carbonyl (C=O) groups excluding carboxylic acids is 1. The lowest BCUT2D eigenvalue weighted by atomic mass is 9.83. The highest BCUT2D eigenvalue weighted by Crippen LogP contribution is 2.27. The fraction of sp³-hybridized carbons (Fsp3) is 0.846. The van der Waals surface area contributed by atoms with Crippen molar-refractivity contribution in [1.82, 2.24) is 10.6 Å². The summed E-state index contributed by atoms with van der Waals surface area (Å²) in [5.41, 5.74) is 0. The van der Waals surface area contributed by atoms with Gasteiger partial charge in [0.15, 0.2) is 0 Å². The zero-order chi connectivity index (χ0) is 13.5. The topological polar surface area (TPSA) is 78.4 Å². The number of hydrogen-bond acceptors (Lipinski definition) is 2. The summed E-state index contributed by atoms with van der Waals surface area (Å²) in [6, 6.07) is -1.07. The molecule has 104 valence electrons. The zero-order valence-corrected chi connectivity index (χ0v) is 11.2. The Labute approximate surface area is 108 Å². The largest absolute Gasteiger partial charge is 0.480 e. The van der Waals surface area contributed by atoms with Crippen LogP contribution < -0.4 is 10.6 Å². The van der Waals surface area contributed by atoms with Gasteiger partial charge in [-0.25, -0.2) is 4.79 Å². The molecular weight excluding hydrogens is 232 g/mol. The monoisotopic (exact) mass is 256 g/mol. The highest BCUT2D eigenvalue weighted by Gasteiger charge is 2.24. The maximum atomic E-state index is 11.7. The first kappa shape index (κ1) is 14.8. The summed E-state index contributed by atoms with van der Waals surface area (Å²) < 4.78 is 0. The quantitative estimate of drug-likeness (QED) is 0.705. The van der Waals surface area contributed by atoms with Gasteiger partial charge in [-0.2, -0.15) is 0 Å². The molecule has 1 aliphatic carbocycles. The predicted octanol–water partition coefficient (Wildman–Crippen LogP) is 2.12. The van der Waals surface area contributed by atoms with Gasteiger partial charge in [0, 0.05) is 6.04 Å². The van der Waals surface area contributed by atoms with Crippen molar-refractivity contribution in [3.8, 4) is 0 Å². The Balaban J connectivity index is 2.41. The lowest BCUT2D eigenvalue weighted by Crippen LogP contribution is -2.49. The molecule has 5 nitrogen and oxygen atoms in total. The van der Waals surface area contributed by atoms with E-state index in [9.17, 15) is 9.59 Å². The SMILES string of the molecule is CCC(NC(=O)NC(C)C(=O)O)C1CCCCC1. The Morgan fingerprint density at radius 2 is 1.83 bits per heavy atom. The van der Waals surface area contributed by atoms with E-state index >= 15 is 0 Å². The summed E-state index contributed by atoms with van der Waals surface area (Å²) in [5.74, 6) is -0.481. The van der Waals surface area contributed by atoms with Crippen molar-refractivity contribution in [1.29, 1.82) is 0 Å². The van der Waals surface area contributed by atoms with E-state index in [1.807, 2.05) is 0 Å². The van der Waals surface area contributed by atoms with Crippen molar-refractivity contribution in [2.45, 2.75) is 64.5 Å². The Bertz CT molecular complexity index is 288. The van der Waals surface area contributed by atoms with Crippen LogP contribution in [0.1, 0.15) is 52.4 Å². The number of amides is 2. The van der Waals surface area contributed by atoms with Crippen LogP contribution >= 0.6 is 0 Å². The molecule has 2 amide bonds. The van der Waals surface area contributed by atoms with Crippen LogP contribution in [0.15, 0.2) is 0 Å². The van der Waals surface area contributed by atoms with Gasteiger partial charge in [-0.1, -0.05) is 26.2 Å². The smallest absolute Gasteiger partial charge is 0.325 e. The minimum atomic E-state index is -1.02. The molecule has 0 aromatic heterocycles. The van der Waals surface area contributed by atoms with Gasteiger partial charge in [-0.15, -0.1) is 0 Å². The molecule has 3 N–H and O–H groups in total. The van der Waals surface area contributed by atoms with Crippen LogP contribution in [0.25, 0.3) is 0 Å². The molecule has 18 heavy (non-hydrogen) atoms. The average Bonchev–Trinajstić information content (AvgIpc) is 2.36. The van der Waals surface area contributed by atoms with E-state index in [1.165, 1.54) is 26.2 Å². The van der Waals surface area contributed by atoms with E-state index in [4.69, 9.17) is 5.11 Å². The first-order valence-electron chi connectivity index (χ1n) is 6.84. The highest BCUT2D eigenvalue weighted by atomic mass is 16.4. The van der Waals surface area contributed by atoms with Crippen molar-refractivity contribution >= 4 is 12.0 Å². The lowest BCUT2D eigenvalue weighted by molar-refractivity contribution is -0.138. The number of hydrogen-bond donors (Lipinski definition) is 3. The van der Waals surface area contributed by atoms with Gasteiger partial charge >= 0.3 is 12.0 Å². The number of nitrogens with one attached hydrogen (secondary N) is 2. The maximum Gasteiger partial charge on any atom is 0.325 e. The molecule has 0 radical (unpaired) electrons. The van der Waals surface area contributed by atoms with Crippen LogP contribution in [-0.2, 0) is 4.79 Å². The molecule has 0 spiro atoms. The van der Waals surface area contributed by atoms with Gasteiger partial charge in [-0.05, 0) is 32.1 Å². The van der Waals surface area contributed by atoms with Gasteiger partial charge in [0.25, 0.3) is 0 Å². The molecule has 0 aromatic rings. The van der Waals surface area contributed by atoms with Gasteiger partial charge in [0.05, 0.1) is 0 Å². The van der Waals surface area contributed by atoms with Crippen LogP contribution in [0.5, 0.6) is 0 Å². The lowest BCUT2D eigenvalue weighted by Gasteiger charge is -2.30. The minimum absolute atomic E-state index is 0.159. The molecule has 2 unspecified atom stereocenters. The van der Waals surface area contributed by atoms with Gasteiger partial charge in [-0.3, -0.25) is 4.79 Å². The van der Waals surface area contributed by atoms with E-state index in [0.29, 0.717) is 5.92 Å². The van der Waals surface area contributed by atoms with Crippen LogP contribution in [-0.4, -0.2) is 29.2 Å². The number of rotatable bonds is 5. The fourth-order valence-electron chi connectivity index (χ4n) is 2.56. The second kappa shape index (κ2) is 7.24. The third-order valence-corrected chi connectivity index (χ3v) is 3.69. The standard InChI is InChI=1S/C13H24N2O3/c1-3-11(10-7-5-4-6-8-10)15-13(18)14-9(2)12(16)17/h9-11H,3-8H2,1-2H3,(H,16,17)(H2,14,15,18). The first-order valence-corrected chi connectivity index (χ1v) is 6.84. The number of carboxylic acid groups (broad SMARTS) is 1. The number of urea groups is 1.